The fourth-order valence-corrected chi connectivity index (χ4v) is 4.32. The number of rotatable bonds is 4. The Morgan fingerprint density at radius 2 is 2.27 bits per heavy atom. The minimum Gasteiger partial charge on any atom is -0.365 e. The normalized spacial score (nSPS) is 18.4. The van der Waals surface area contributed by atoms with Crippen molar-refractivity contribution in [3.8, 4) is 0 Å². The Morgan fingerprint density at radius 1 is 1.41 bits per heavy atom. The van der Waals surface area contributed by atoms with Crippen LogP contribution in [0.4, 0.5) is 0 Å². The van der Waals surface area contributed by atoms with Crippen LogP contribution in [0.3, 0.4) is 0 Å². The third kappa shape index (κ3) is 3.20. The number of thiazole rings is 1. The van der Waals surface area contributed by atoms with Crippen LogP contribution in [0, 0.1) is 0 Å². The lowest BCUT2D eigenvalue weighted by atomic mass is 10.0. The van der Waals surface area contributed by atoms with Gasteiger partial charge in [0.2, 0.25) is 5.91 Å². The van der Waals surface area contributed by atoms with Crippen LogP contribution in [-0.2, 0) is 11.2 Å². The van der Waals surface area contributed by atoms with E-state index in [1.807, 2.05) is 22.4 Å². The first-order valence-corrected chi connectivity index (χ1v) is 8.92. The summed E-state index contributed by atoms with van der Waals surface area (Å²) in [5.74, 6) is -0.334. The topological polar surface area (TPSA) is 76.3 Å². The summed E-state index contributed by atoms with van der Waals surface area (Å²) < 4.78 is 0. The number of hydrogen-bond donors (Lipinski definition) is 1. The van der Waals surface area contributed by atoms with Gasteiger partial charge >= 0.3 is 0 Å². The molecule has 0 spiro atoms. The van der Waals surface area contributed by atoms with Crippen LogP contribution in [0.25, 0.3) is 0 Å². The lowest BCUT2D eigenvalue weighted by Gasteiger charge is -2.34. The first kappa shape index (κ1) is 15.2. The van der Waals surface area contributed by atoms with E-state index in [9.17, 15) is 9.59 Å². The van der Waals surface area contributed by atoms with E-state index >= 15 is 0 Å². The Bertz CT molecular complexity index is 666. The van der Waals surface area contributed by atoms with Crippen LogP contribution in [0.2, 0.25) is 0 Å². The molecule has 22 heavy (non-hydrogen) atoms. The van der Waals surface area contributed by atoms with E-state index in [1.165, 1.54) is 17.5 Å². The second kappa shape index (κ2) is 6.58. The summed E-state index contributed by atoms with van der Waals surface area (Å²) in [5, 5.41) is 2.80. The highest BCUT2D eigenvalue weighted by molar-refractivity contribution is 7.13. The smallest absolute Gasteiger partial charge is 0.260 e. The van der Waals surface area contributed by atoms with Crippen molar-refractivity contribution >= 4 is 34.5 Å². The lowest BCUT2D eigenvalue weighted by molar-refractivity contribution is -0.134. The molecular weight excluding hydrogens is 318 g/mol. The molecule has 0 radical (unpaired) electrons. The van der Waals surface area contributed by atoms with Crippen molar-refractivity contribution < 1.29 is 9.59 Å². The molecule has 1 aliphatic heterocycles. The van der Waals surface area contributed by atoms with Gasteiger partial charge in [0, 0.05) is 11.4 Å². The molecule has 0 aliphatic carbocycles. The molecule has 1 aliphatic rings. The monoisotopic (exact) mass is 335 g/mol. The van der Waals surface area contributed by atoms with Crippen LogP contribution >= 0.6 is 22.7 Å². The number of carbonyl (C=O) groups excluding carboxylic acids is 2. The number of aromatic nitrogens is 1. The van der Waals surface area contributed by atoms with E-state index in [0.29, 0.717) is 11.3 Å². The van der Waals surface area contributed by atoms with Gasteiger partial charge in [0.25, 0.3) is 5.91 Å². The third-order valence-corrected chi connectivity index (χ3v) is 5.77. The number of likely N-dealkylation sites (tertiary alicyclic amines) is 1. The molecule has 116 valence electrons. The number of carbonyl (C=O) groups is 2. The van der Waals surface area contributed by atoms with Crippen molar-refractivity contribution in [1.29, 1.82) is 0 Å². The Morgan fingerprint density at radius 3 is 2.95 bits per heavy atom. The van der Waals surface area contributed by atoms with Gasteiger partial charge in [-0.3, -0.25) is 9.59 Å². The van der Waals surface area contributed by atoms with Crippen molar-refractivity contribution in [2.24, 2.45) is 5.73 Å². The molecule has 1 unspecified atom stereocenters. The maximum Gasteiger partial charge on any atom is 0.260 e. The summed E-state index contributed by atoms with van der Waals surface area (Å²) in [6, 6.07) is 3.91. The van der Waals surface area contributed by atoms with Crippen LogP contribution in [0.5, 0.6) is 0 Å². The van der Waals surface area contributed by atoms with E-state index in [-0.39, 0.29) is 11.9 Å². The second-order valence-electron chi connectivity index (χ2n) is 5.28. The zero-order valence-electron chi connectivity index (χ0n) is 12.0. The van der Waals surface area contributed by atoms with Gasteiger partial charge < -0.3 is 10.6 Å². The van der Waals surface area contributed by atoms with Gasteiger partial charge in [0.1, 0.15) is 9.88 Å². The van der Waals surface area contributed by atoms with Gasteiger partial charge in [-0.05, 0) is 30.7 Å². The van der Waals surface area contributed by atoms with Crippen molar-refractivity contribution in [1.82, 2.24) is 9.88 Å². The minimum atomic E-state index is -0.462. The van der Waals surface area contributed by atoms with Gasteiger partial charge in [0.15, 0.2) is 0 Å². The largest absolute Gasteiger partial charge is 0.365 e. The predicted molar refractivity (Wildman–Crippen MR) is 87.0 cm³/mol. The molecule has 3 heterocycles. The quantitative estimate of drug-likeness (QED) is 0.933. The van der Waals surface area contributed by atoms with Gasteiger partial charge in [-0.15, -0.1) is 22.7 Å². The number of nitrogens with zero attached hydrogens (tertiary/aromatic N) is 2. The number of thiophene rings is 1. The second-order valence-corrected chi connectivity index (χ2v) is 7.38. The maximum absolute atomic E-state index is 12.6. The van der Waals surface area contributed by atoms with E-state index in [4.69, 9.17) is 5.73 Å². The Hall–Kier alpha value is -1.73. The molecule has 1 fully saturated rings. The Kier molecular flexibility index (Phi) is 4.54. The summed E-state index contributed by atoms with van der Waals surface area (Å²) in [4.78, 5) is 31.6. The molecule has 0 aromatic carbocycles. The van der Waals surface area contributed by atoms with Crippen LogP contribution in [-0.4, -0.2) is 28.2 Å². The summed E-state index contributed by atoms with van der Waals surface area (Å²) in [5.41, 5.74) is 5.29. The molecule has 0 saturated carbocycles. The van der Waals surface area contributed by atoms with Crippen molar-refractivity contribution in [3.63, 3.8) is 0 Å². The number of piperidine rings is 1. The molecule has 2 aromatic heterocycles. The molecule has 1 atom stereocenters. The van der Waals surface area contributed by atoms with E-state index in [0.717, 1.165) is 35.7 Å². The Balaban J connectivity index is 1.78. The summed E-state index contributed by atoms with van der Waals surface area (Å²) >= 11 is 2.90. The number of amides is 2. The van der Waals surface area contributed by atoms with E-state index < -0.39 is 5.91 Å². The van der Waals surface area contributed by atoms with Gasteiger partial charge in [-0.1, -0.05) is 6.07 Å². The van der Waals surface area contributed by atoms with Crippen LogP contribution in [0.1, 0.15) is 44.9 Å². The molecule has 7 heteroatoms. The highest BCUT2D eigenvalue weighted by Crippen LogP contribution is 2.33. The SMILES string of the molecule is NC(=O)c1cnc(C2CCCCN2C(=O)Cc2cccs2)s1. The number of nitrogens with two attached hydrogens (primary N) is 1. The zero-order chi connectivity index (χ0) is 15.5. The molecule has 2 amide bonds. The molecule has 2 N–H and O–H groups in total. The van der Waals surface area contributed by atoms with Crippen molar-refractivity contribution in [2.75, 3.05) is 6.54 Å². The minimum absolute atomic E-state index is 0.0284. The maximum atomic E-state index is 12.6. The fourth-order valence-electron chi connectivity index (χ4n) is 2.71. The Labute approximate surface area is 136 Å². The third-order valence-electron chi connectivity index (χ3n) is 3.78. The van der Waals surface area contributed by atoms with E-state index in [2.05, 4.69) is 4.98 Å². The van der Waals surface area contributed by atoms with Gasteiger partial charge in [-0.25, -0.2) is 4.98 Å². The average molecular weight is 335 g/mol. The van der Waals surface area contributed by atoms with Crippen LogP contribution < -0.4 is 5.73 Å². The molecule has 3 rings (SSSR count). The lowest BCUT2D eigenvalue weighted by Crippen LogP contribution is -2.39. The first-order valence-electron chi connectivity index (χ1n) is 7.22. The number of hydrogen-bond acceptors (Lipinski definition) is 5. The molecule has 2 aromatic rings. The first-order chi connectivity index (χ1) is 10.6. The van der Waals surface area contributed by atoms with E-state index in [1.54, 1.807) is 11.3 Å². The summed E-state index contributed by atoms with van der Waals surface area (Å²) in [7, 11) is 0. The highest BCUT2D eigenvalue weighted by atomic mass is 32.1. The average Bonchev–Trinajstić information content (AvgIpc) is 3.18. The van der Waals surface area contributed by atoms with Gasteiger partial charge in [0.05, 0.1) is 18.7 Å². The number of primary amides is 1. The molecule has 5 nitrogen and oxygen atoms in total. The molecule has 0 bridgehead atoms. The van der Waals surface area contributed by atoms with Gasteiger partial charge in [-0.2, -0.15) is 0 Å². The highest BCUT2D eigenvalue weighted by Gasteiger charge is 2.30. The summed E-state index contributed by atoms with van der Waals surface area (Å²) in [6.07, 6.45) is 4.92. The predicted octanol–water partition coefficient (Wildman–Crippen LogP) is 2.60. The fraction of sp³-hybridized carbons (Fsp3) is 0.400. The molecule has 1 saturated heterocycles. The van der Waals surface area contributed by atoms with Crippen molar-refractivity contribution in [2.45, 2.75) is 31.7 Å². The summed E-state index contributed by atoms with van der Waals surface area (Å²) in [6.45, 7) is 0.750. The standard InChI is InChI=1S/C15H17N3O2S2/c16-14(20)12-9-17-15(22-12)11-5-1-2-6-18(11)13(19)8-10-4-3-7-21-10/h3-4,7,9,11H,1-2,5-6,8H2,(H2,16,20). The zero-order valence-corrected chi connectivity index (χ0v) is 13.7. The molecular formula is C15H17N3O2S2. The van der Waals surface area contributed by atoms with Crippen LogP contribution in [0.15, 0.2) is 23.7 Å². The van der Waals surface area contributed by atoms with Crippen molar-refractivity contribution in [3.05, 3.63) is 38.5 Å².